The van der Waals surface area contributed by atoms with E-state index in [4.69, 9.17) is 16.3 Å². The van der Waals surface area contributed by atoms with Crippen molar-refractivity contribution in [3.05, 3.63) is 23.5 Å². The quantitative estimate of drug-likeness (QED) is 0.587. The molecule has 1 fully saturated rings. The van der Waals surface area contributed by atoms with Crippen molar-refractivity contribution in [3.63, 3.8) is 0 Å². The van der Waals surface area contributed by atoms with E-state index >= 15 is 0 Å². The zero-order valence-electron chi connectivity index (χ0n) is 15.2. The molecule has 0 aromatic carbocycles. The zero-order chi connectivity index (χ0) is 20.4. The number of ether oxygens (including phenoxy) is 1. The van der Waals surface area contributed by atoms with E-state index in [-0.39, 0.29) is 23.8 Å². The van der Waals surface area contributed by atoms with Gasteiger partial charge in [0.15, 0.2) is 5.15 Å². The third kappa shape index (κ3) is 5.98. The van der Waals surface area contributed by atoms with Crippen LogP contribution in [0.4, 0.5) is 19.3 Å². The first-order valence-electron chi connectivity index (χ1n) is 8.26. The number of aromatic nitrogens is 1. The molecule has 1 aromatic rings. The van der Waals surface area contributed by atoms with Crippen molar-refractivity contribution in [2.75, 3.05) is 17.4 Å². The number of anilines is 1. The topological polar surface area (TPSA) is 83.0 Å². The number of halogens is 3. The Morgan fingerprint density at radius 1 is 1.56 bits per heavy atom. The van der Waals surface area contributed by atoms with Crippen LogP contribution < -0.4 is 4.31 Å². The van der Waals surface area contributed by atoms with Crippen molar-refractivity contribution in [3.8, 4) is 0 Å². The van der Waals surface area contributed by atoms with Crippen molar-refractivity contribution in [1.29, 1.82) is 0 Å². The normalized spacial score (nSPS) is 20.9. The SMILES string of the molecule is CC(C)(C)OC(=O)N1CC(F)(F)CCC1CN(c1cccnc1Cl)S(=O)O. The van der Waals surface area contributed by atoms with Crippen LogP contribution in [0.3, 0.4) is 0 Å². The van der Waals surface area contributed by atoms with Crippen LogP contribution in [0.5, 0.6) is 0 Å². The molecule has 2 heterocycles. The Labute approximate surface area is 164 Å². The lowest BCUT2D eigenvalue weighted by Crippen LogP contribution is -2.56. The average molecular weight is 426 g/mol. The number of hydrogen-bond acceptors (Lipinski definition) is 4. The molecular weight excluding hydrogens is 404 g/mol. The molecule has 27 heavy (non-hydrogen) atoms. The van der Waals surface area contributed by atoms with Crippen LogP contribution in [0.1, 0.15) is 33.6 Å². The van der Waals surface area contributed by atoms with E-state index in [0.717, 1.165) is 9.21 Å². The van der Waals surface area contributed by atoms with Gasteiger partial charge in [0.1, 0.15) is 5.60 Å². The van der Waals surface area contributed by atoms with E-state index in [1.165, 1.54) is 18.3 Å². The molecule has 7 nitrogen and oxygen atoms in total. The molecule has 0 saturated carbocycles. The zero-order valence-corrected chi connectivity index (χ0v) is 16.8. The molecule has 152 valence electrons. The second-order valence-electron chi connectivity index (χ2n) is 7.26. The predicted molar refractivity (Wildman–Crippen MR) is 98.3 cm³/mol. The second kappa shape index (κ2) is 8.24. The van der Waals surface area contributed by atoms with Crippen LogP contribution in [0.2, 0.25) is 5.15 Å². The number of carbonyl (C=O) groups is 1. The molecule has 1 amide bonds. The minimum Gasteiger partial charge on any atom is -0.444 e. The number of hydrogen-bond donors (Lipinski definition) is 1. The molecule has 0 radical (unpaired) electrons. The summed E-state index contributed by atoms with van der Waals surface area (Å²) in [6.45, 7) is 3.90. The highest BCUT2D eigenvalue weighted by Crippen LogP contribution is 2.33. The van der Waals surface area contributed by atoms with Gasteiger partial charge in [-0.1, -0.05) is 11.6 Å². The van der Waals surface area contributed by atoms with Gasteiger partial charge in [0.05, 0.1) is 24.8 Å². The highest BCUT2D eigenvalue weighted by Gasteiger charge is 2.44. The first-order chi connectivity index (χ1) is 12.4. The van der Waals surface area contributed by atoms with Crippen molar-refractivity contribution in [2.45, 2.75) is 51.2 Å². The summed E-state index contributed by atoms with van der Waals surface area (Å²) in [4.78, 5) is 17.2. The minimum atomic E-state index is -3.05. The molecule has 2 atom stereocenters. The Balaban J connectivity index is 2.28. The maximum atomic E-state index is 13.9. The van der Waals surface area contributed by atoms with Gasteiger partial charge in [0.2, 0.25) is 0 Å². The molecule has 1 saturated heterocycles. The molecule has 1 aromatic heterocycles. The highest BCUT2D eigenvalue weighted by atomic mass is 35.5. The first-order valence-corrected chi connectivity index (χ1v) is 9.70. The van der Waals surface area contributed by atoms with Crippen molar-refractivity contribution in [1.82, 2.24) is 9.88 Å². The lowest BCUT2D eigenvalue weighted by atomic mass is 9.99. The van der Waals surface area contributed by atoms with Gasteiger partial charge >= 0.3 is 6.09 Å². The third-order valence-electron chi connectivity index (χ3n) is 3.89. The highest BCUT2D eigenvalue weighted by molar-refractivity contribution is 7.80. The summed E-state index contributed by atoms with van der Waals surface area (Å²) in [5.74, 6) is -3.05. The number of alkyl halides is 2. The number of carbonyl (C=O) groups excluding carboxylic acids is 1. The van der Waals surface area contributed by atoms with Crippen LogP contribution in [0.15, 0.2) is 18.3 Å². The summed E-state index contributed by atoms with van der Waals surface area (Å²) >= 11 is 3.50. The lowest BCUT2D eigenvalue weighted by Gasteiger charge is -2.41. The van der Waals surface area contributed by atoms with Gasteiger partial charge < -0.3 is 4.74 Å². The van der Waals surface area contributed by atoms with Gasteiger partial charge in [-0.2, -0.15) is 0 Å². The van der Waals surface area contributed by atoms with Gasteiger partial charge in [0, 0.05) is 12.6 Å². The minimum absolute atomic E-state index is 0.00939. The fraction of sp³-hybridized carbons (Fsp3) is 0.625. The summed E-state index contributed by atoms with van der Waals surface area (Å²) in [6, 6.07) is 2.26. The van der Waals surface area contributed by atoms with E-state index in [1.807, 2.05) is 0 Å². The van der Waals surface area contributed by atoms with Gasteiger partial charge in [-0.15, -0.1) is 0 Å². The predicted octanol–water partition coefficient (Wildman–Crippen LogP) is 3.71. The van der Waals surface area contributed by atoms with Gasteiger partial charge in [-0.3, -0.25) is 13.8 Å². The maximum Gasteiger partial charge on any atom is 0.410 e. The Morgan fingerprint density at radius 3 is 2.78 bits per heavy atom. The summed E-state index contributed by atoms with van der Waals surface area (Å²) in [5.41, 5.74) is -0.693. The second-order valence-corrected chi connectivity index (χ2v) is 8.52. The van der Waals surface area contributed by atoms with Gasteiger partial charge in [0.25, 0.3) is 17.2 Å². The fourth-order valence-corrected chi connectivity index (χ4v) is 3.60. The van der Waals surface area contributed by atoms with E-state index in [0.29, 0.717) is 0 Å². The number of amides is 1. The molecule has 1 aliphatic rings. The standard InChI is InChI=1S/C16H22ClF2N3O4S/c1-15(2,3)26-14(23)21-10-16(18,19)7-6-11(21)9-22(27(24)25)12-5-4-8-20-13(12)17/h4-5,8,11H,6-7,9-10H2,1-3H3,(H,24,25). The van der Waals surface area contributed by atoms with E-state index in [1.54, 1.807) is 20.8 Å². The molecule has 2 rings (SSSR count). The molecular formula is C16H22ClF2N3O4S. The average Bonchev–Trinajstić information content (AvgIpc) is 2.52. The van der Waals surface area contributed by atoms with E-state index in [9.17, 15) is 22.3 Å². The Kier molecular flexibility index (Phi) is 6.64. The molecule has 1 aliphatic heterocycles. The number of pyridine rings is 1. The molecule has 0 spiro atoms. The Hall–Kier alpha value is -1.52. The molecule has 11 heteroatoms. The van der Waals surface area contributed by atoms with Crippen LogP contribution >= 0.6 is 11.6 Å². The van der Waals surface area contributed by atoms with Crippen LogP contribution in [-0.2, 0) is 16.0 Å². The third-order valence-corrected chi connectivity index (χ3v) is 4.90. The maximum absolute atomic E-state index is 13.9. The Bertz CT molecular complexity index is 717. The molecule has 1 N–H and O–H groups in total. The number of piperidine rings is 1. The van der Waals surface area contributed by atoms with Crippen LogP contribution in [0.25, 0.3) is 0 Å². The van der Waals surface area contributed by atoms with Gasteiger partial charge in [-0.25, -0.2) is 22.8 Å². The molecule has 0 aliphatic carbocycles. The summed E-state index contributed by atoms with van der Waals surface area (Å²) < 4.78 is 55.5. The fourth-order valence-electron chi connectivity index (χ4n) is 2.72. The van der Waals surface area contributed by atoms with E-state index < -0.39 is 47.9 Å². The Morgan fingerprint density at radius 2 is 2.22 bits per heavy atom. The van der Waals surface area contributed by atoms with Crippen molar-refractivity contribution in [2.24, 2.45) is 0 Å². The first kappa shape index (κ1) is 21.8. The lowest BCUT2D eigenvalue weighted by molar-refractivity contribution is -0.0837. The number of likely N-dealkylation sites (tertiary alicyclic amines) is 1. The van der Waals surface area contributed by atoms with Gasteiger partial charge in [-0.05, 0) is 39.3 Å². The summed E-state index contributed by atoms with van der Waals surface area (Å²) in [7, 11) is 0. The van der Waals surface area contributed by atoms with Crippen molar-refractivity contribution < 1.29 is 27.1 Å². The van der Waals surface area contributed by atoms with Crippen LogP contribution in [0, 0.1) is 0 Å². The number of rotatable bonds is 4. The monoisotopic (exact) mass is 425 g/mol. The summed E-state index contributed by atoms with van der Waals surface area (Å²) in [5, 5.41) is -0.00939. The van der Waals surface area contributed by atoms with Crippen molar-refractivity contribution >= 4 is 34.6 Å². The smallest absolute Gasteiger partial charge is 0.410 e. The van der Waals surface area contributed by atoms with Crippen LogP contribution in [-0.4, -0.2) is 55.4 Å². The molecule has 2 unspecified atom stereocenters. The largest absolute Gasteiger partial charge is 0.444 e. The molecule has 0 bridgehead atoms. The van der Waals surface area contributed by atoms with E-state index in [2.05, 4.69) is 4.98 Å². The number of nitrogens with zero attached hydrogens (tertiary/aromatic N) is 3. The summed E-state index contributed by atoms with van der Waals surface area (Å²) in [6.07, 6.45) is 0.0211.